The van der Waals surface area contributed by atoms with Crippen LogP contribution >= 0.6 is 141 Å². The Balaban J connectivity index is 0.888. The van der Waals surface area contributed by atoms with E-state index in [0.29, 0.717) is 19.8 Å². The van der Waals surface area contributed by atoms with Gasteiger partial charge in [-0.3, -0.25) is 0 Å². The summed E-state index contributed by atoms with van der Waals surface area (Å²) in [6.07, 6.45) is 6.86. The van der Waals surface area contributed by atoms with Crippen LogP contribution in [-0.2, 0) is 14.2 Å². The summed E-state index contributed by atoms with van der Waals surface area (Å²) in [5.74, 6) is 26.5. The highest BCUT2D eigenvalue weighted by molar-refractivity contribution is 8.03. The maximum absolute atomic E-state index is 6.92. The lowest BCUT2D eigenvalue weighted by molar-refractivity contribution is -0.0990. The highest BCUT2D eigenvalue weighted by atomic mass is 32.2. The standard InChI is InChI=1S/C54H78O6S12/c1-6-54(36-55-48-24-61-12-39(2)13-62-25-48,37-56-49-26-63-14-40(3)15-64-27-49)38-57-50-28-69-20-43(21-70-29-50)7-8-44-22-71-34-53(35-72-23-44)60-47-10-45(58-51-30-65-16-41(4)17-66-31-51)9-46(11-47)59-52-32-67-18-42(5)19-68-33-52/h7-11,48-53H,2-6,12-38H2,1H3. The molecule has 72 heavy (non-hydrogen) atoms. The van der Waals surface area contributed by atoms with Gasteiger partial charge in [0.2, 0.25) is 0 Å². The van der Waals surface area contributed by atoms with E-state index in [0.717, 1.165) is 162 Å². The van der Waals surface area contributed by atoms with E-state index in [2.05, 4.69) is 63.6 Å². The second-order valence-electron chi connectivity index (χ2n) is 19.3. The molecule has 18 heteroatoms. The number of hydrogen-bond donors (Lipinski definition) is 0. The number of allylic oxidation sites excluding steroid dienone is 2. The van der Waals surface area contributed by atoms with E-state index >= 15 is 0 Å². The van der Waals surface area contributed by atoms with E-state index in [9.17, 15) is 0 Å². The van der Waals surface area contributed by atoms with Gasteiger partial charge in [-0.15, -0.1) is 0 Å². The molecule has 7 rings (SSSR count). The third kappa shape index (κ3) is 23.1. The van der Waals surface area contributed by atoms with Gasteiger partial charge in [0.1, 0.15) is 35.6 Å². The van der Waals surface area contributed by atoms with Gasteiger partial charge in [-0.2, -0.15) is 141 Å². The van der Waals surface area contributed by atoms with E-state index in [4.69, 9.17) is 28.4 Å². The van der Waals surface area contributed by atoms with Gasteiger partial charge in [-0.1, -0.05) is 78.8 Å². The highest BCUT2D eigenvalue weighted by Gasteiger charge is 2.34. The Morgan fingerprint density at radius 3 is 0.833 bits per heavy atom. The average molecular weight is 1210 g/mol. The van der Waals surface area contributed by atoms with Gasteiger partial charge in [-0.25, -0.2) is 0 Å². The minimum atomic E-state index is -0.178. The minimum absolute atomic E-state index is 0.104. The predicted octanol–water partition coefficient (Wildman–Crippen LogP) is 13.4. The predicted molar refractivity (Wildman–Crippen MR) is 342 cm³/mol. The molecule has 6 aliphatic heterocycles. The van der Waals surface area contributed by atoms with E-state index in [1.54, 1.807) is 0 Å². The molecule has 1 aromatic carbocycles. The Labute approximate surface area is 485 Å². The summed E-state index contributed by atoms with van der Waals surface area (Å²) in [4.78, 5) is 0. The maximum Gasteiger partial charge on any atom is 0.127 e. The van der Waals surface area contributed by atoms with Gasteiger partial charge in [0, 0.05) is 162 Å². The molecule has 0 N–H and O–H groups in total. The molecule has 6 aliphatic rings. The molecule has 0 aliphatic carbocycles. The van der Waals surface area contributed by atoms with Crippen molar-refractivity contribution in [3.05, 3.63) is 90.1 Å². The van der Waals surface area contributed by atoms with Crippen LogP contribution in [0.1, 0.15) is 13.3 Å². The van der Waals surface area contributed by atoms with Crippen LogP contribution in [-0.4, -0.2) is 195 Å². The average Bonchev–Trinajstić information content (AvgIpc) is 3.31. The van der Waals surface area contributed by atoms with Crippen LogP contribution in [0.2, 0.25) is 0 Å². The largest absolute Gasteiger partial charge is 0.488 e. The van der Waals surface area contributed by atoms with Crippen molar-refractivity contribution in [1.29, 1.82) is 0 Å². The van der Waals surface area contributed by atoms with Crippen LogP contribution in [0, 0.1) is 5.41 Å². The first-order valence-electron chi connectivity index (χ1n) is 25.1. The Bertz CT molecular complexity index is 1770. The summed E-state index contributed by atoms with van der Waals surface area (Å²) >= 11 is 23.6. The van der Waals surface area contributed by atoms with E-state index in [1.807, 2.05) is 141 Å². The maximum atomic E-state index is 6.92. The van der Waals surface area contributed by atoms with E-state index < -0.39 is 0 Å². The van der Waals surface area contributed by atoms with Gasteiger partial charge in [0.25, 0.3) is 0 Å². The molecule has 6 fully saturated rings. The van der Waals surface area contributed by atoms with Gasteiger partial charge in [0.15, 0.2) is 0 Å². The molecular weight excluding hydrogens is 1130 g/mol. The lowest BCUT2D eigenvalue weighted by atomic mass is 9.87. The molecule has 0 unspecified atom stereocenters. The molecule has 0 spiro atoms. The summed E-state index contributed by atoms with van der Waals surface area (Å²) in [6.45, 7) is 21.3. The van der Waals surface area contributed by atoms with Gasteiger partial charge in [-0.05, 0) is 6.42 Å². The molecule has 6 saturated heterocycles. The van der Waals surface area contributed by atoms with Crippen molar-refractivity contribution in [1.82, 2.24) is 0 Å². The lowest BCUT2D eigenvalue weighted by Crippen LogP contribution is -2.42. The third-order valence-corrected chi connectivity index (χ3v) is 26.7. The van der Waals surface area contributed by atoms with Crippen molar-refractivity contribution < 1.29 is 28.4 Å². The lowest BCUT2D eigenvalue weighted by Gasteiger charge is -2.37. The van der Waals surface area contributed by atoms with Gasteiger partial charge < -0.3 is 28.4 Å². The normalized spacial score (nSPS) is 24.6. The molecule has 0 radical (unpaired) electrons. The Hall–Kier alpha value is 1.14. The molecule has 1 aromatic rings. The van der Waals surface area contributed by atoms with Crippen LogP contribution in [0.5, 0.6) is 17.2 Å². The summed E-state index contributed by atoms with van der Waals surface area (Å²) in [5, 5.41) is 0. The third-order valence-electron chi connectivity index (χ3n) is 12.2. The first-order valence-corrected chi connectivity index (χ1v) is 39.0. The molecule has 0 atom stereocenters. The SMILES string of the molecule is C=C1CSCC(OCC(CC)(COC2CSCC(=C)CSC2)COC2CSCC(=CC=C3CSCC(Oc4cc(OC5CSCC(=C)CSC5)cc(OC5CSCC(=C)CSC5)c4)CSC3)CSC2)CSC1. The van der Waals surface area contributed by atoms with Gasteiger partial charge in [0.05, 0.1) is 38.1 Å². The molecule has 0 saturated carbocycles. The summed E-state index contributed by atoms with van der Waals surface area (Å²) in [7, 11) is 0. The van der Waals surface area contributed by atoms with Crippen molar-refractivity contribution >= 4 is 141 Å². The van der Waals surface area contributed by atoms with Crippen LogP contribution in [0.25, 0.3) is 0 Å². The number of thioether (sulfide) groups is 12. The zero-order valence-electron chi connectivity index (χ0n) is 42.3. The number of benzene rings is 1. The second kappa shape index (κ2) is 34.3. The number of hydrogen-bond acceptors (Lipinski definition) is 18. The molecule has 402 valence electrons. The van der Waals surface area contributed by atoms with Crippen molar-refractivity contribution in [2.75, 3.05) is 158 Å². The number of rotatable bonds is 17. The fourth-order valence-electron chi connectivity index (χ4n) is 8.07. The quantitative estimate of drug-likeness (QED) is 0.139. The monoisotopic (exact) mass is 1210 g/mol. The van der Waals surface area contributed by atoms with Crippen molar-refractivity contribution in [2.24, 2.45) is 5.41 Å². The van der Waals surface area contributed by atoms with Crippen LogP contribution in [0.15, 0.2) is 90.1 Å². The minimum Gasteiger partial charge on any atom is -0.488 e. The van der Waals surface area contributed by atoms with Crippen molar-refractivity contribution in [3.63, 3.8) is 0 Å². The molecule has 6 nitrogen and oxygen atoms in total. The van der Waals surface area contributed by atoms with Crippen LogP contribution < -0.4 is 14.2 Å². The summed E-state index contributed by atoms with van der Waals surface area (Å²) in [5.41, 5.74) is 8.12. The first kappa shape index (κ1) is 60.8. The molecule has 0 aromatic heterocycles. The Kier molecular flexibility index (Phi) is 29.0. The summed E-state index contributed by atoms with van der Waals surface area (Å²) in [6, 6.07) is 6.26. The molecular formula is C54H78O6S12. The van der Waals surface area contributed by atoms with Crippen LogP contribution in [0.3, 0.4) is 0 Å². The van der Waals surface area contributed by atoms with Crippen molar-refractivity contribution in [3.8, 4) is 17.2 Å². The zero-order chi connectivity index (χ0) is 50.2. The molecule has 0 amide bonds. The van der Waals surface area contributed by atoms with Crippen molar-refractivity contribution in [2.45, 2.75) is 50.0 Å². The second-order valence-corrected chi connectivity index (χ2v) is 31.7. The fraction of sp³-hybridized carbons (Fsp3) is 0.667. The Morgan fingerprint density at radius 1 is 0.375 bits per heavy atom. The Morgan fingerprint density at radius 2 is 0.597 bits per heavy atom. The molecule has 6 heterocycles. The highest BCUT2D eigenvalue weighted by Crippen LogP contribution is 2.36. The van der Waals surface area contributed by atoms with Crippen LogP contribution in [0.4, 0.5) is 0 Å². The van der Waals surface area contributed by atoms with Gasteiger partial charge >= 0.3 is 0 Å². The molecule has 0 bridgehead atoms. The summed E-state index contributed by atoms with van der Waals surface area (Å²) < 4.78 is 40.7. The number of ether oxygens (including phenoxy) is 6. The van der Waals surface area contributed by atoms with E-state index in [1.165, 1.54) is 33.4 Å². The first-order chi connectivity index (χ1) is 35.2. The fourth-order valence-corrected chi connectivity index (χ4v) is 21.7. The smallest absolute Gasteiger partial charge is 0.127 e. The topological polar surface area (TPSA) is 55.4 Å². The van der Waals surface area contributed by atoms with E-state index in [-0.39, 0.29) is 42.0 Å². The zero-order valence-corrected chi connectivity index (χ0v) is 52.1.